The highest BCUT2D eigenvalue weighted by molar-refractivity contribution is 7.80. The molecule has 0 heterocycles. The third-order valence-corrected chi connectivity index (χ3v) is 4.76. The van der Waals surface area contributed by atoms with E-state index in [-0.39, 0.29) is 16.4 Å². The van der Waals surface area contributed by atoms with Gasteiger partial charge in [-0.2, -0.15) is 18.2 Å². The van der Waals surface area contributed by atoms with Gasteiger partial charge in [0.15, 0.2) is 0 Å². The van der Waals surface area contributed by atoms with Crippen molar-refractivity contribution >= 4 is 23.1 Å². The maximum atomic E-state index is 13.5. The van der Waals surface area contributed by atoms with Crippen LogP contribution >= 0.6 is 12.2 Å². The summed E-state index contributed by atoms with van der Waals surface area (Å²) >= 11 is 4.83. The van der Waals surface area contributed by atoms with Crippen molar-refractivity contribution in [3.05, 3.63) is 58.1 Å². The first kappa shape index (κ1) is 22.0. The third-order valence-electron chi connectivity index (χ3n) is 4.42. The van der Waals surface area contributed by atoms with Gasteiger partial charge in [-0.1, -0.05) is 19.1 Å². The lowest BCUT2D eigenvalue weighted by atomic mass is 10.0. The van der Waals surface area contributed by atoms with E-state index < -0.39 is 18.3 Å². The van der Waals surface area contributed by atoms with Crippen molar-refractivity contribution in [2.24, 2.45) is 0 Å². The van der Waals surface area contributed by atoms with Gasteiger partial charge in [0.25, 0.3) is 5.17 Å². The molecule has 0 bridgehead atoms. The Morgan fingerprint density at radius 1 is 1.18 bits per heavy atom. The van der Waals surface area contributed by atoms with Crippen LogP contribution < -0.4 is 9.80 Å². The molecule has 1 N–H and O–H groups in total. The Morgan fingerprint density at radius 3 is 2.43 bits per heavy atom. The maximum absolute atomic E-state index is 13.5. The highest BCUT2D eigenvalue weighted by atomic mass is 32.1. The predicted octanol–water partition coefficient (Wildman–Crippen LogP) is 5.59. The fourth-order valence-corrected chi connectivity index (χ4v) is 3.01. The summed E-state index contributed by atoms with van der Waals surface area (Å²) in [6, 6.07) is 7.20. The van der Waals surface area contributed by atoms with Crippen LogP contribution in [0.15, 0.2) is 30.3 Å². The molecule has 2 aromatic carbocycles. The van der Waals surface area contributed by atoms with E-state index in [1.807, 2.05) is 26.8 Å². The summed E-state index contributed by atoms with van der Waals surface area (Å²) in [5, 5.41) is 10.2. The van der Waals surface area contributed by atoms with Crippen LogP contribution in [0.3, 0.4) is 0 Å². The Balaban J connectivity index is 2.46. The van der Waals surface area contributed by atoms with Gasteiger partial charge in [0, 0.05) is 5.56 Å². The first-order valence-corrected chi connectivity index (χ1v) is 8.99. The molecule has 0 unspecified atom stereocenters. The molecule has 8 heteroatoms. The average Bonchev–Trinajstić information content (AvgIpc) is 2.65. The highest BCUT2D eigenvalue weighted by Gasteiger charge is 2.35. The summed E-state index contributed by atoms with van der Waals surface area (Å²) in [7, 11) is 1.22. The molecule has 2 aromatic rings. The molecule has 0 radical (unpaired) electrons. The molecule has 0 aromatic heterocycles. The van der Waals surface area contributed by atoms with E-state index in [0.29, 0.717) is 10.8 Å². The van der Waals surface area contributed by atoms with E-state index in [2.05, 4.69) is 0 Å². The molecule has 28 heavy (non-hydrogen) atoms. The summed E-state index contributed by atoms with van der Waals surface area (Å²) in [6.45, 7) is 5.39. The Labute approximate surface area is 167 Å². The number of hydrogen-bond donors (Lipinski definition) is 1. The monoisotopic (exact) mass is 413 g/mol. The van der Waals surface area contributed by atoms with Gasteiger partial charge in [0.05, 0.1) is 18.4 Å². The van der Waals surface area contributed by atoms with Crippen molar-refractivity contribution in [2.75, 3.05) is 12.2 Å². The normalized spacial score (nSPS) is 11.3. The molecule has 0 aliphatic heterocycles. The molecule has 0 spiro atoms. The van der Waals surface area contributed by atoms with E-state index in [1.165, 1.54) is 19.2 Å². The first-order chi connectivity index (χ1) is 13.1. The van der Waals surface area contributed by atoms with Gasteiger partial charge in [-0.15, -0.1) is 0 Å². The smallest absolute Gasteiger partial charge is 0.416 e. The topological polar surface area (TPSA) is 41.9 Å². The van der Waals surface area contributed by atoms with Crippen molar-refractivity contribution in [3.63, 3.8) is 0 Å². The average molecular weight is 413 g/mol. The second-order valence-corrected chi connectivity index (χ2v) is 6.62. The van der Waals surface area contributed by atoms with Gasteiger partial charge in [-0.05, 0) is 67.4 Å². The molecule has 0 fully saturated rings. The van der Waals surface area contributed by atoms with Gasteiger partial charge in [-0.25, -0.2) is 0 Å². The fourth-order valence-electron chi connectivity index (χ4n) is 2.91. The lowest BCUT2D eigenvalue weighted by molar-refractivity contribution is -0.138. The number of alkyl halides is 3. The number of nitrogens with zero attached hydrogens (tertiary/aromatic N) is 1. The molecule has 0 aliphatic rings. The van der Waals surface area contributed by atoms with Crippen LogP contribution in [0.25, 0.3) is 0 Å². The minimum absolute atomic E-state index is 0.152. The number of benzene rings is 2. The number of ether oxygens (including phenoxy) is 2. The van der Waals surface area contributed by atoms with Crippen LogP contribution in [0.2, 0.25) is 0 Å². The fraction of sp³-hybridized carbons (Fsp3) is 0.350. The van der Waals surface area contributed by atoms with E-state index in [1.54, 1.807) is 6.07 Å². The predicted molar refractivity (Wildman–Crippen MR) is 105 cm³/mol. The second kappa shape index (κ2) is 8.79. The van der Waals surface area contributed by atoms with Crippen LogP contribution in [0.4, 0.5) is 18.9 Å². The summed E-state index contributed by atoms with van der Waals surface area (Å²) < 4.78 is 51.0. The quantitative estimate of drug-likeness (QED) is 0.511. The second-order valence-electron chi connectivity index (χ2n) is 6.27. The minimum atomic E-state index is -4.62. The van der Waals surface area contributed by atoms with Crippen molar-refractivity contribution in [1.29, 1.82) is 0 Å². The molecule has 0 aliphatic carbocycles. The number of anilines is 1. The van der Waals surface area contributed by atoms with Crippen molar-refractivity contribution < 1.29 is 27.9 Å². The Hall–Kier alpha value is -2.32. The third kappa shape index (κ3) is 4.74. The van der Waals surface area contributed by atoms with E-state index in [0.717, 1.165) is 29.2 Å². The summed E-state index contributed by atoms with van der Waals surface area (Å²) in [5.41, 5.74) is 1.66. The van der Waals surface area contributed by atoms with Crippen LogP contribution in [-0.4, -0.2) is 17.5 Å². The molecule has 0 saturated carbocycles. The van der Waals surface area contributed by atoms with Crippen LogP contribution in [-0.2, 0) is 23.9 Å². The minimum Gasteiger partial charge on any atom is -0.489 e. The van der Waals surface area contributed by atoms with Gasteiger partial charge in [0.2, 0.25) is 0 Å². The van der Waals surface area contributed by atoms with E-state index in [4.69, 9.17) is 21.7 Å². The molecule has 0 atom stereocenters. The van der Waals surface area contributed by atoms with E-state index in [9.17, 15) is 18.4 Å². The van der Waals surface area contributed by atoms with Crippen molar-refractivity contribution in [2.45, 2.75) is 40.0 Å². The molecular weight excluding hydrogens is 391 g/mol. The zero-order valence-corrected chi connectivity index (χ0v) is 16.9. The number of aryl methyl sites for hydroxylation is 3. The standard InChI is InChI=1S/C20H22F3NO3S/c1-5-14-9-13(3)18(10-12(14)2)27-11-15-16(20(21,22)23)7-6-8-17(15)24(25)19(28)26-4/h6-10,25H,5,11H2,1-4H3. The van der Waals surface area contributed by atoms with Gasteiger partial charge in [0.1, 0.15) is 12.4 Å². The van der Waals surface area contributed by atoms with Crippen molar-refractivity contribution in [1.82, 2.24) is 0 Å². The molecule has 2 rings (SSSR count). The SMILES string of the molecule is CCc1cc(C)c(OCc2c(N(O)C(=S)OC)cccc2C(F)(F)F)cc1C. The number of halogens is 3. The lowest BCUT2D eigenvalue weighted by Gasteiger charge is -2.23. The highest BCUT2D eigenvalue weighted by Crippen LogP contribution is 2.37. The number of thiocarbonyl (C=S) groups is 1. The molecular formula is C20H22F3NO3S. The lowest BCUT2D eigenvalue weighted by Crippen LogP contribution is -2.28. The summed E-state index contributed by atoms with van der Waals surface area (Å²) in [6.07, 6.45) is -3.77. The number of rotatable bonds is 5. The zero-order valence-electron chi connectivity index (χ0n) is 16.1. The zero-order chi connectivity index (χ0) is 21.1. The van der Waals surface area contributed by atoms with Crippen LogP contribution in [0.1, 0.15) is 34.7 Å². The van der Waals surface area contributed by atoms with Crippen LogP contribution in [0, 0.1) is 13.8 Å². The Morgan fingerprint density at radius 2 is 1.86 bits per heavy atom. The number of hydroxylamine groups is 1. The van der Waals surface area contributed by atoms with Gasteiger partial charge >= 0.3 is 6.18 Å². The maximum Gasteiger partial charge on any atom is 0.416 e. The number of methoxy groups -OCH3 is 1. The Kier molecular flexibility index (Phi) is 6.90. The van der Waals surface area contributed by atoms with Gasteiger partial charge in [-0.3, -0.25) is 5.21 Å². The van der Waals surface area contributed by atoms with E-state index >= 15 is 0 Å². The molecule has 4 nitrogen and oxygen atoms in total. The molecule has 0 amide bonds. The van der Waals surface area contributed by atoms with Crippen LogP contribution in [0.5, 0.6) is 5.75 Å². The summed E-state index contributed by atoms with van der Waals surface area (Å²) in [5.74, 6) is 0.483. The van der Waals surface area contributed by atoms with Gasteiger partial charge < -0.3 is 9.47 Å². The largest absolute Gasteiger partial charge is 0.489 e. The molecule has 152 valence electrons. The first-order valence-electron chi connectivity index (χ1n) is 8.59. The number of hydrogen-bond acceptors (Lipinski definition) is 4. The molecule has 0 saturated heterocycles. The Bertz CT molecular complexity index is 869. The van der Waals surface area contributed by atoms with Crippen molar-refractivity contribution in [3.8, 4) is 5.75 Å². The summed E-state index contributed by atoms with van der Waals surface area (Å²) in [4.78, 5) is 0.